The van der Waals surface area contributed by atoms with Crippen molar-refractivity contribution in [3.05, 3.63) is 71.4 Å². The zero-order valence-electron chi connectivity index (χ0n) is 14.2. The van der Waals surface area contributed by atoms with Gasteiger partial charge in [0, 0.05) is 26.0 Å². The molecule has 0 unspecified atom stereocenters. The van der Waals surface area contributed by atoms with E-state index >= 15 is 0 Å². The third kappa shape index (κ3) is 3.34. The van der Waals surface area contributed by atoms with E-state index in [-0.39, 0.29) is 31.0 Å². The lowest BCUT2D eigenvalue weighted by Crippen LogP contribution is -2.34. The van der Waals surface area contributed by atoms with Crippen molar-refractivity contribution < 1.29 is 19.1 Å². The second-order valence-corrected chi connectivity index (χ2v) is 5.93. The lowest BCUT2D eigenvalue weighted by Gasteiger charge is -2.20. The Labute approximate surface area is 150 Å². The summed E-state index contributed by atoms with van der Waals surface area (Å²) in [4.78, 5) is 32.5. The minimum atomic E-state index is -0.446. The first-order chi connectivity index (χ1) is 12.5. The van der Waals surface area contributed by atoms with Gasteiger partial charge in [-0.05, 0) is 35.4 Å². The number of imide groups is 1. The number of hydrogen-bond donors (Lipinski definition) is 1. The molecule has 6 nitrogen and oxygen atoms in total. The van der Waals surface area contributed by atoms with Gasteiger partial charge in [-0.2, -0.15) is 0 Å². The summed E-state index contributed by atoms with van der Waals surface area (Å²) >= 11 is 0. The van der Waals surface area contributed by atoms with E-state index in [2.05, 4.69) is 4.98 Å². The minimum absolute atomic E-state index is 0.112. The van der Waals surface area contributed by atoms with Crippen molar-refractivity contribution in [2.75, 3.05) is 20.2 Å². The smallest absolute Gasteiger partial charge is 0.278 e. The molecule has 0 atom stereocenters. The average Bonchev–Trinajstić information content (AvgIpc) is 2.88. The molecule has 0 radical (unpaired) electrons. The molecule has 1 aliphatic rings. The van der Waals surface area contributed by atoms with Gasteiger partial charge < -0.3 is 10.0 Å². The fourth-order valence-corrected chi connectivity index (χ4v) is 2.87. The summed E-state index contributed by atoms with van der Waals surface area (Å²) in [6.45, 7) is 0.145. The van der Waals surface area contributed by atoms with Gasteiger partial charge in [0.05, 0.1) is 18.7 Å². The summed E-state index contributed by atoms with van der Waals surface area (Å²) in [6, 6.07) is 8.89. The highest BCUT2D eigenvalue weighted by Crippen LogP contribution is 2.32. The predicted molar refractivity (Wildman–Crippen MR) is 92.8 cm³/mol. The third-order valence-electron chi connectivity index (χ3n) is 4.18. The van der Waals surface area contributed by atoms with Crippen LogP contribution >= 0.6 is 0 Å². The number of amides is 2. The van der Waals surface area contributed by atoms with Crippen molar-refractivity contribution >= 4 is 17.4 Å². The molecule has 7 heteroatoms. The fraction of sp³-hybridized carbons (Fsp3) is 0.211. The highest BCUT2D eigenvalue weighted by atomic mass is 19.1. The van der Waals surface area contributed by atoms with Crippen molar-refractivity contribution in [2.45, 2.75) is 6.54 Å². The van der Waals surface area contributed by atoms with Crippen LogP contribution in [0.4, 0.5) is 4.39 Å². The summed E-state index contributed by atoms with van der Waals surface area (Å²) in [5.41, 5.74) is 1.64. The van der Waals surface area contributed by atoms with Crippen molar-refractivity contribution in [1.29, 1.82) is 0 Å². The van der Waals surface area contributed by atoms with E-state index in [1.165, 1.54) is 24.3 Å². The van der Waals surface area contributed by atoms with Crippen LogP contribution in [0.25, 0.3) is 5.57 Å². The minimum Gasteiger partial charge on any atom is -0.395 e. The highest BCUT2D eigenvalue weighted by Gasteiger charge is 2.40. The van der Waals surface area contributed by atoms with Gasteiger partial charge in [0.2, 0.25) is 0 Å². The summed E-state index contributed by atoms with van der Waals surface area (Å²) in [7, 11) is 1.64. The van der Waals surface area contributed by atoms with Gasteiger partial charge >= 0.3 is 0 Å². The maximum Gasteiger partial charge on any atom is 0.278 e. The SMILES string of the molecule is CN(CCO)C1=C(c2ccc(F)cc2)C(=O)N(Cc2ccncc2)C1=O. The number of carbonyl (C=O) groups excluding carboxylic acids is 2. The molecule has 2 amide bonds. The van der Waals surface area contributed by atoms with Gasteiger partial charge in [-0.15, -0.1) is 0 Å². The van der Waals surface area contributed by atoms with E-state index in [1.807, 2.05) is 0 Å². The molecule has 0 bridgehead atoms. The summed E-state index contributed by atoms with van der Waals surface area (Å²) in [6.07, 6.45) is 3.18. The van der Waals surface area contributed by atoms with Crippen molar-refractivity contribution in [1.82, 2.24) is 14.8 Å². The molecular formula is C19H18FN3O3. The van der Waals surface area contributed by atoms with Crippen LogP contribution < -0.4 is 0 Å². The normalized spacial score (nSPS) is 14.3. The Morgan fingerprint density at radius 2 is 1.73 bits per heavy atom. The molecule has 0 spiro atoms. The van der Waals surface area contributed by atoms with Gasteiger partial charge in [0.15, 0.2) is 0 Å². The zero-order chi connectivity index (χ0) is 18.7. The molecule has 0 saturated heterocycles. The number of aliphatic hydroxyl groups excluding tert-OH is 1. The van der Waals surface area contributed by atoms with Crippen molar-refractivity contribution in [3.8, 4) is 0 Å². The number of benzene rings is 1. The van der Waals surface area contributed by atoms with Gasteiger partial charge in [0.1, 0.15) is 11.5 Å². The van der Waals surface area contributed by atoms with Gasteiger partial charge in [-0.3, -0.25) is 19.5 Å². The van der Waals surface area contributed by atoms with Crippen LogP contribution in [0.2, 0.25) is 0 Å². The molecule has 3 rings (SSSR count). The number of pyridine rings is 1. The Morgan fingerprint density at radius 3 is 2.35 bits per heavy atom. The molecule has 0 aliphatic carbocycles. The van der Waals surface area contributed by atoms with E-state index < -0.39 is 17.6 Å². The summed E-state index contributed by atoms with van der Waals surface area (Å²) in [5, 5.41) is 9.21. The molecule has 0 saturated carbocycles. The van der Waals surface area contributed by atoms with Crippen LogP contribution in [-0.2, 0) is 16.1 Å². The average molecular weight is 355 g/mol. The lowest BCUT2D eigenvalue weighted by atomic mass is 10.0. The number of aliphatic hydroxyl groups is 1. The molecule has 1 aromatic heterocycles. The first kappa shape index (κ1) is 17.8. The first-order valence-corrected chi connectivity index (χ1v) is 8.10. The Balaban J connectivity index is 2.01. The van der Waals surface area contributed by atoms with Crippen LogP contribution in [0.15, 0.2) is 54.5 Å². The van der Waals surface area contributed by atoms with Gasteiger partial charge in [-0.25, -0.2) is 4.39 Å². The number of nitrogens with zero attached hydrogens (tertiary/aromatic N) is 3. The van der Waals surface area contributed by atoms with E-state index in [9.17, 15) is 19.1 Å². The Bertz CT molecular complexity index is 850. The topological polar surface area (TPSA) is 73.7 Å². The van der Waals surface area contributed by atoms with E-state index in [4.69, 9.17) is 0 Å². The molecule has 1 aromatic carbocycles. The number of carbonyl (C=O) groups is 2. The zero-order valence-corrected chi connectivity index (χ0v) is 14.2. The van der Waals surface area contributed by atoms with E-state index in [1.54, 1.807) is 36.5 Å². The number of halogens is 1. The monoisotopic (exact) mass is 355 g/mol. The Hall–Kier alpha value is -3.06. The predicted octanol–water partition coefficient (Wildman–Crippen LogP) is 1.42. The summed E-state index contributed by atoms with van der Waals surface area (Å²) in [5.74, 6) is -1.31. The number of aromatic nitrogens is 1. The van der Waals surface area contributed by atoms with E-state index in [0.717, 1.165) is 10.5 Å². The molecule has 1 aliphatic heterocycles. The molecule has 26 heavy (non-hydrogen) atoms. The quantitative estimate of drug-likeness (QED) is 0.794. The molecule has 2 heterocycles. The van der Waals surface area contributed by atoms with E-state index in [0.29, 0.717) is 5.56 Å². The fourth-order valence-electron chi connectivity index (χ4n) is 2.87. The molecule has 1 N–H and O–H groups in total. The Kier molecular flexibility index (Phi) is 5.09. The number of hydrogen-bond acceptors (Lipinski definition) is 5. The van der Waals surface area contributed by atoms with Crippen LogP contribution in [0.5, 0.6) is 0 Å². The third-order valence-corrected chi connectivity index (χ3v) is 4.18. The van der Waals surface area contributed by atoms with Crippen LogP contribution in [0, 0.1) is 5.82 Å². The van der Waals surface area contributed by atoms with Crippen LogP contribution in [0.3, 0.4) is 0 Å². The van der Waals surface area contributed by atoms with Crippen molar-refractivity contribution in [3.63, 3.8) is 0 Å². The lowest BCUT2D eigenvalue weighted by molar-refractivity contribution is -0.138. The molecule has 0 fully saturated rings. The van der Waals surface area contributed by atoms with Gasteiger partial charge in [0.25, 0.3) is 11.8 Å². The second kappa shape index (κ2) is 7.45. The number of likely N-dealkylation sites (N-methyl/N-ethyl adjacent to an activating group) is 1. The molecular weight excluding hydrogens is 337 g/mol. The standard InChI is InChI=1S/C19H18FN3O3/c1-22(10-11-24)17-16(14-2-4-15(20)5-3-14)18(25)23(19(17)26)12-13-6-8-21-9-7-13/h2-9,24H,10-12H2,1H3. The molecule has 2 aromatic rings. The molecule has 134 valence electrons. The largest absolute Gasteiger partial charge is 0.395 e. The Morgan fingerprint density at radius 1 is 1.08 bits per heavy atom. The first-order valence-electron chi connectivity index (χ1n) is 8.10. The van der Waals surface area contributed by atoms with Crippen LogP contribution in [0.1, 0.15) is 11.1 Å². The summed E-state index contributed by atoms with van der Waals surface area (Å²) < 4.78 is 13.3. The van der Waals surface area contributed by atoms with Crippen LogP contribution in [-0.4, -0.2) is 51.9 Å². The number of rotatable bonds is 6. The van der Waals surface area contributed by atoms with Gasteiger partial charge in [-0.1, -0.05) is 12.1 Å². The van der Waals surface area contributed by atoms with Crippen molar-refractivity contribution in [2.24, 2.45) is 0 Å². The maximum atomic E-state index is 13.3. The highest BCUT2D eigenvalue weighted by molar-refractivity contribution is 6.35. The second-order valence-electron chi connectivity index (χ2n) is 5.93. The maximum absolute atomic E-state index is 13.3.